The fraction of sp³-hybridized carbons (Fsp3) is 0.690. The summed E-state index contributed by atoms with van der Waals surface area (Å²) < 4.78 is 20.9. The highest BCUT2D eigenvalue weighted by Crippen LogP contribution is 2.15. The first-order valence-electron chi connectivity index (χ1n) is 14.2. The molecule has 0 amide bonds. The number of benzene rings is 1. The van der Waals surface area contributed by atoms with Gasteiger partial charge in [0.05, 0.1) is 27.2 Å². The Morgan fingerprint density at radius 1 is 0.825 bits per heavy atom. The van der Waals surface area contributed by atoms with Crippen molar-refractivity contribution in [3.63, 3.8) is 0 Å². The van der Waals surface area contributed by atoms with Crippen LogP contribution in [0.1, 0.15) is 39.2 Å². The minimum absolute atomic E-state index is 0.0865. The Morgan fingerprint density at radius 2 is 1.43 bits per heavy atom. The molecule has 0 aliphatic carbocycles. The van der Waals surface area contributed by atoms with Crippen LogP contribution in [0.5, 0.6) is 5.75 Å². The third-order valence-corrected chi connectivity index (χ3v) is 7.00. The van der Waals surface area contributed by atoms with Crippen molar-refractivity contribution in [1.82, 2.24) is 19.6 Å². The van der Waals surface area contributed by atoms with Gasteiger partial charge in [-0.2, -0.15) is 0 Å². The molecule has 1 aliphatic rings. The lowest BCUT2D eigenvalue weighted by atomic mass is 10.1. The van der Waals surface area contributed by atoms with Gasteiger partial charge in [0, 0.05) is 65.8 Å². The van der Waals surface area contributed by atoms with Crippen molar-refractivity contribution >= 4 is 17.9 Å². The van der Waals surface area contributed by atoms with E-state index in [-0.39, 0.29) is 19.1 Å². The summed E-state index contributed by atoms with van der Waals surface area (Å²) in [6.07, 6.45) is 0.925. The minimum Gasteiger partial charge on any atom is -0.494 e. The first kappa shape index (κ1) is 33.5. The van der Waals surface area contributed by atoms with Gasteiger partial charge in [-0.15, -0.1) is 0 Å². The van der Waals surface area contributed by atoms with E-state index in [0.717, 1.165) is 51.4 Å². The van der Waals surface area contributed by atoms with E-state index in [4.69, 9.17) is 18.9 Å². The second-order valence-electron chi connectivity index (χ2n) is 9.93. The molecule has 0 aromatic heterocycles. The van der Waals surface area contributed by atoms with E-state index in [1.807, 2.05) is 24.0 Å². The average Bonchev–Trinajstić information content (AvgIpc) is 2.94. The number of ether oxygens (including phenoxy) is 4. The number of nitrogens with zero attached hydrogens (tertiary/aromatic N) is 4. The van der Waals surface area contributed by atoms with Crippen LogP contribution in [0.15, 0.2) is 24.3 Å². The van der Waals surface area contributed by atoms with Crippen molar-refractivity contribution in [2.75, 3.05) is 86.5 Å². The molecule has 1 aliphatic heterocycles. The molecule has 40 heavy (non-hydrogen) atoms. The Hall–Kier alpha value is -2.73. The van der Waals surface area contributed by atoms with Gasteiger partial charge < -0.3 is 23.8 Å². The van der Waals surface area contributed by atoms with Crippen molar-refractivity contribution in [2.45, 2.75) is 46.2 Å². The highest BCUT2D eigenvalue weighted by Gasteiger charge is 2.30. The van der Waals surface area contributed by atoms with E-state index >= 15 is 0 Å². The second kappa shape index (κ2) is 18.6. The van der Waals surface area contributed by atoms with E-state index in [9.17, 15) is 14.4 Å². The smallest absolute Gasteiger partial charge is 0.323 e. The summed E-state index contributed by atoms with van der Waals surface area (Å²) in [4.78, 5) is 45.4. The standard InChI is InChI=1S/C29H48N4O7/c1-6-12-30-13-14-31(22-25-8-10-26(11-9-25)39-7-2)15-16-32(23-40-24(3)34)18-20-33(19-17-30)27(29(36)38-5)21-28(35)37-4/h8-11,27H,6-7,12-23H2,1-5H3. The van der Waals surface area contributed by atoms with Crippen LogP contribution in [0.25, 0.3) is 0 Å². The zero-order valence-corrected chi connectivity index (χ0v) is 24.9. The van der Waals surface area contributed by atoms with E-state index < -0.39 is 18.0 Å². The van der Waals surface area contributed by atoms with Crippen molar-refractivity contribution in [2.24, 2.45) is 0 Å². The van der Waals surface area contributed by atoms with Crippen molar-refractivity contribution in [3.05, 3.63) is 29.8 Å². The number of hydrogen-bond acceptors (Lipinski definition) is 11. The molecule has 0 radical (unpaired) electrons. The minimum atomic E-state index is -0.754. The number of hydrogen-bond donors (Lipinski definition) is 0. The molecule has 1 saturated heterocycles. The van der Waals surface area contributed by atoms with Crippen LogP contribution in [0, 0.1) is 0 Å². The highest BCUT2D eigenvalue weighted by atomic mass is 16.5. The molecule has 0 N–H and O–H groups in total. The van der Waals surface area contributed by atoms with Gasteiger partial charge in [0.15, 0.2) is 0 Å². The molecule has 0 saturated carbocycles. The van der Waals surface area contributed by atoms with Crippen LogP contribution in [0.2, 0.25) is 0 Å². The predicted molar refractivity (Wildman–Crippen MR) is 152 cm³/mol. The summed E-state index contributed by atoms with van der Waals surface area (Å²) in [6, 6.07) is 7.47. The number of methoxy groups -OCH3 is 2. The van der Waals surface area contributed by atoms with Gasteiger partial charge in [-0.25, -0.2) is 0 Å². The van der Waals surface area contributed by atoms with Gasteiger partial charge >= 0.3 is 17.9 Å². The average molecular weight is 565 g/mol. The fourth-order valence-corrected chi connectivity index (χ4v) is 4.73. The Bertz CT molecular complexity index is 899. The molecule has 1 aromatic carbocycles. The number of rotatable bonds is 12. The first-order chi connectivity index (χ1) is 19.3. The lowest BCUT2D eigenvalue weighted by Gasteiger charge is -2.36. The summed E-state index contributed by atoms with van der Waals surface area (Å²) in [5.74, 6) is -0.410. The topological polar surface area (TPSA) is 101 Å². The lowest BCUT2D eigenvalue weighted by Crippen LogP contribution is -2.51. The van der Waals surface area contributed by atoms with Gasteiger partial charge in [0.25, 0.3) is 0 Å². The Morgan fingerprint density at radius 3 is 2.00 bits per heavy atom. The van der Waals surface area contributed by atoms with E-state index in [2.05, 4.69) is 33.8 Å². The maximum Gasteiger partial charge on any atom is 0.323 e. The monoisotopic (exact) mass is 564 g/mol. The maximum absolute atomic E-state index is 12.7. The summed E-state index contributed by atoms with van der Waals surface area (Å²) in [5.41, 5.74) is 1.21. The third-order valence-electron chi connectivity index (χ3n) is 7.00. The van der Waals surface area contributed by atoms with Crippen LogP contribution in [-0.4, -0.2) is 130 Å². The molecule has 1 heterocycles. The van der Waals surface area contributed by atoms with Crippen molar-refractivity contribution in [3.8, 4) is 5.75 Å². The van der Waals surface area contributed by atoms with E-state index in [0.29, 0.717) is 32.8 Å². The number of esters is 3. The Balaban J connectivity index is 2.24. The molecule has 2 rings (SSSR count). The predicted octanol–water partition coefficient (Wildman–Crippen LogP) is 1.84. The number of carbonyl (C=O) groups is 3. The molecule has 1 aromatic rings. The molecular weight excluding hydrogens is 516 g/mol. The van der Waals surface area contributed by atoms with E-state index in [1.165, 1.54) is 26.7 Å². The fourth-order valence-electron chi connectivity index (χ4n) is 4.73. The van der Waals surface area contributed by atoms with Crippen LogP contribution < -0.4 is 4.74 Å². The van der Waals surface area contributed by atoms with Gasteiger partial charge in [-0.3, -0.25) is 29.1 Å². The van der Waals surface area contributed by atoms with Crippen LogP contribution in [-0.2, 0) is 35.1 Å². The highest BCUT2D eigenvalue weighted by molar-refractivity contribution is 5.82. The SMILES string of the molecule is CCCN1CCN(Cc2ccc(OCC)cc2)CCN(COC(C)=O)CCN(C(CC(=O)OC)C(=O)OC)CC1. The molecule has 226 valence electrons. The Labute approximate surface area is 239 Å². The van der Waals surface area contributed by atoms with Crippen LogP contribution >= 0.6 is 0 Å². The largest absolute Gasteiger partial charge is 0.494 e. The molecule has 1 fully saturated rings. The summed E-state index contributed by atoms with van der Waals surface area (Å²) in [5, 5.41) is 0. The molecule has 11 heteroatoms. The molecule has 0 spiro atoms. The third kappa shape index (κ3) is 12.2. The van der Waals surface area contributed by atoms with Crippen LogP contribution in [0.4, 0.5) is 0 Å². The number of carbonyl (C=O) groups excluding carboxylic acids is 3. The van der Waals surface area contributed by atoms with Gasteiger partial charge in [0.2, 0.25) is 0 Å². The zero-order chi connectivity index (χ0) is 29.3. The van der Waals surface area contributed by atoms with Gasteiger partial charge in [-0.1, -0.05) is 19.1 Å². The van der Waals surface area contributed by atoms with Crippen molar-refractivity contribution in [1.29, 1.82) is 0 Å². The van der Waals surface area contributed by atoms with Gasteiger partial charge in [-0.05, 0) is 37.6 Å². The summed E-state index contributed by atoms with van der Waals surface area (Å²) in [6.45, 7) is 13.6. The maximum atomic E-state index is 12.7. The quantitative estimate of drug-likeness (QED) is 0.275. The second-order valence-corrected chi connectivity index (χ2v) is 9.93. The molecular formula is C29H48N4O7. The summed E-state index contributed by atoms with van der Waals surface area (Å²) >= 11 is 0. The molecule has 1 unspecified atom stereocenters. The first-order valence-corrected chi connectivity index (χ1v) is 14.2. The zero-order valence-electron chi connectivity index (χ0n) is 24.9. The Kier molecular flexibility index (Phi) is 15.6. The molecule has 0 bridgehead atoms. The molecule has 11 nitrogen and oxygen atoms in total. The lowest BCUT2D eigenvalue weighted by molar-refractivity contribution is -0.154. The molecule has 1 atom stereocenters. The van der Waals surface area contributed by atoms with E-state index in [1.54, 1.807) is 0 Å². The van der Waals surface area contributed by atoms with Crippen LogP contribution in [0.3, 0.4) is 0 Å². The van der Waals surface area contributed by atoms with Crippen molar-refractivity contribution < 1.29 is 33.3 Å². The van der Waals surface area contributed by atoms with Gasteiger partial charge in [0.1, 0.15) is 18.5 Å². The normalized spacial score (nSPS) is 17.7. The summed E-state index contributed by atoms with van der Waals surface area (Å²) in [7, 11) is 2.65.